The first-order chi connectivity index (χ1) is 16.5. The Labute approximate surface area is 199 Å². The Hall–Kier alpha value is -3.22. The number of aromatic nitrogens is 3. The van der Waals surface area contributed by atoms with Crippen molar-refractivity contribution in [3.8, 4) is 0 Å². The lowest BCUT2D eigenvalue weighted by Crippen LogP contribution is -2.51. The van der Waals surface area contributed by atoms with Crippen LogP contribution >= 0.6 is 0 Å². The van der Waals surface area contributed by atoms with Gasteiger partial charge in [0.15, 0.2) is 5.69 Å². The Morgan fingerprint density at radius 1 is 1.09 bits per heavy atom. The van der Waals surface area contributed by atoms with Gasteiger partial charge in [0.1, 0.15) is 0 Å². The molecule has 4 aliphatic rings. The highest BCUT2D eigenvalue weighted by atomic mass is 16.2. The summed E-state index contributed by atoms with van der Waals surface area (Å²) in [5, 5.41) is 7.73. The van der Waals surface area contributed by atoms with Gasteiger partial charge in [-0.05, 0) is 97.6 Å². The van der Waals surface area contributed by atoms with Crippen LogP contribution < -0.4 is 5.32 Å². The monoisotopic (exact) mass is 457 g/mol. The zero-order chi connectivity index (χ0) is 23.3. The van der Waals surface area contributed by atoms with Crippen LogP contribution in [0.2, 0.25) is 0 Å². The molecule has 0 spiro atoms. The molecule has 0 atom stereocenters. The van der Waals surface area contributed by atoms with Gasteiger partial charge in [-0.1, -0.05) is 0 Å². The maximum atomic E-state index is 13.3. The highest BCUT2D eigenvalue weighted by molar-refractivity contribution is 6.02. The SMILES string of the molecule is CN(Cc1ccncc1)C(=O)c1cc2c(C(=O)NCC34CC5CC(CC(C5)C3)C4)cccn2n1. The number of hydrogen-bond acceptors (Lipinski definition) is 4. The highest BCUT2D eigenvalue weighted by Gasteiger charge is 2.50. The van der Waals surface area contributed by atoms with E-state index in [1.807, 2.05) is 24.3 Å². The van der Waals surface area contributed by atoms with Gasteiger partial charge in [-0.15, -0.1) is 0 Å². The standard InChI is InChI=1S/C27H31N5O2/c1-31(16-18-4-6-28-7-5-18)26(34)23-12-24-22(3-2-8-32(24)30-23)25(33)29-17-27-13-19-9-20(14-27)11-21(10-19)15-27/h2-8,12,19-21H,9-11,13-17H2,1H3,(H,29,33). The molecule has 0 radical (unpaired) electrons. The number of carbonyl (C=O) groups excluding carboxylic acids is 2. The van der Waals surface area contributed by atoms with Gasteiger partial charge in [0.2, 0.25) is 0 Å². The summed E-state index contributed by atoms with van der Waals surface area (Å²) in [7, 11) is 1.76. The van der Waals surface area contributed by atoms with E-state index in [-0.39, 0.29) is 17.2 Å². The second-order valence-electron chi connectivity index (χ2n) is 10.9. The smallest absolute Gasteiger partial charge is 0.274 e. The average Bonchev–Trinajstić information content (AvgIpc) is 3.26. The van der Waals surface area contributed by atoms with Crippen molar-refractivity contribution >= 4 is 17.3 Å². The summed E-state index contributed by atoms with van der Waals surface area (Å²) in [5.74, 6) is 2.32. The van der Waals surface area contributed by atoms with Crippen molar-refractivity contribution in [3.05, 3.63) is 65.7 Å². The van der Waals surface area contributed by atoms with Crippen molar-refractivity contribution in [1.29, 1.82) is 0 Å². The first kappa shape index (κ1) is 21.3. The number of amides is 2. The lowest BCUT2D eigenvalue weighted by molar-refractivity contribution is -0.0503. The third-order valence-electron chi connectivity index (χ3n) is 8.27. The topological polar surface area (TPSA) is 79.6 Å². The third-order valence-corrected chi connectivity index (χ3v) is 8.27. The molecule has 0 saturated heterocycles. The first-order valence-corrected chi connectivity index (χ1v) is 12.4. The van der Waals surface area contributed by atoms with E-state index in [1.165, 1.54) is 38.5 Å². The van der Waals surface area contributed by atoms with Gasteiger partial charge in [0.05, 0.1) is 11.1 Å². The van der Waals surface area contributed by atoms with Crippen molar-refractivity contribution in [3.63, 3.8) is 0 Å². The number of hydrogen-bond donors (Lipinski definition) is 1. The molecule has 4 aliphatic carbocycles. The molecule has 176 valence electrons. The molecule has 0 unspecified atom stereocenters. The second-order valence-corrected chi connectivity index (χ2v) is 10.9. The largest absolute Gasteiger partial charge is 0.351 e. The molecule has 2 amide bonds. The fourth-order valence-electron chi connectivity index (χ4n) is 7.21. The molecule has 3 aromatic rings. The minimum absolute atomic E-state index is 0.0783. The van der Waals surface area contributed by atoms with Crippen LogP contribution in [0.25, 0.3) is 5.52 Å². The quantitative estimate of drug-likeness (QED) is 0.608. The average molecular weight is 458 g/mol. The number of fused-ring (bicyclic) bond motifs is 1. The minimum Gasteiger partial charge on any atom is -0.351 e. The van der Waals surface area contributed by atoms with E-state index in [4.69, 9.17) is 0 Å². The Morgan fingerprint density at radius 2 is 1.76 bits per heavy atom. The molecule has 1 N–H and O–H groups in total. The summed E-state index contributed by atoms with van der Waals surface area (Å²) in [6.07, 6.45) is 13.2. The van der Waals surface area contributed by atoms with Crippen molar-refractivity contribution < 1.29 is 9.59 Å². The fourth-order valence-corrected chi connectivity index (χ4v) is 7.21. The van der Waals surface area contributed by atoms with Crippen molar-refractivity contribution in [2.75, 3.05) is 13.6 Å². The number of pyridine rings is 2. The highest BCUT2D eigenvalue weighted by Crippen LogP contribution is 2.59. The zero-order valence-corrected chi connectivity index (χ0v) is 19.6. The molecule has 4 bridgehead atoms. The molecule has 4 fully saturated rings. The van der Waals surface area contributed by atoms with Crippen molar-refractivity contribution in [1.82, 2.24) is 24.8 Å². The lowest BCUT2D eigenvalue weighted by Gasteiger charge is -2.56. The Morgan fingerprint density at radius 3 is 2.44 bits per heavy atom. The zero-order valence-electron chi connectivity index (χ0n) is 19.6. The molecule has 34 heavy (non-hydrogen) atoms. The van der Waals surface area contributed by atoms with Gasteiger partial charge < -0.3 is 10.2 Å². The van der Waals surface area contributed by atoms with Crippen LogP contribution in [0.4, 0.5) is 0 Å². The Kier molecular flexibility index (Phi) is 5.15. The van der Waals surface area contributed by atoms with E-state index in [0.717, 1.165) is 29.9 Å². The van der Waals surface area contributed by atoms with Crippen LogP contribution in [-0.4, -0.2) is 44.9 Å². The molecular weight excluding hydrogens is 426 g/mol. The minimum atomic E-state index is -0.180. The van der Waals surface area contributed by atoms with Crippen LogP contribution in [0.5, 0.6) is 0 Å². The third kappa shape index (κ3) is 3.87. The summed E-state index contributed by atoms with van der Waals surface area (Å²) >= 11 is 0. The van der Waals surface area contributed by atoms with E-state index < -0.39 is 0 Å². The van der Waals surface area contributed by atoms with Crippen molar-refractivity contribution in [2.24, 2.45) is 23.2 Å². The number of carbonyl (C=O) groups is 2. The molecule has 0 aliphatic heterocycles. The summed E-state index contributed by atoms with van der Waals surface area (Å²) in [6, 6.07) is 9.14. The number of rotatable bonds is 6. The van der Waals surface area contributed by atoms with Gasteiger partial charge in [-0.3, -0.25) is 14.6 Å². The van der Waals surface area contributed by atoms with E-state index in [9.17, 15) is 9.59 Å². The predicted molar refractivity (Wildman–Crippen MR) is 128 cm³/mol. The maximum absolute atomic E-state index is 13.3. The first-order valence-electron chi connectivity index (χ1n) is 12.4. The summed E-state index contributed by atoms with van der Waals surface area (Å²) in [4.78, 5) is 31.9. The van der Waals surface area contributed by atoms with Crippen LogP contribution in [0, 0.1) is 23.2 Å². The van der Waals surface area contributed by atoms with Crippen molar-refractivity contribution in [2.45, 2.75) is 45.1 Å². The maximum Gasteiger partial charge on any atom is 0.274 e. The van der Waals surface area contributed by atoms with Gasteiger partial charge in [0.25, 0.3) is 11.8 Å². The van der Waals surface area contributed by atoms with E-state index in [0.29, 0.717) is 23.3 Å². The summed E-state index contributed by atoms with van der Waals surface area (Å²) < 4.78 is 1.63. The fraction of sp³-hybridized carbons (Fsp3) is 0.481. The predicted octanol–water partition coefficient (Wildman–Crippen LogP) is 3.95. The summed E-state index contributed by atoms with van der Waals surface area (Å²) in [6.45, 7) is 1.22. The summed E-state index contributed by atoms with van der Waals surface area (Å²) in [5.41, 5.74) is 2.84. The molecule has 3 heterocycles. The molecular formula is C27H31N5O2. The molecule has 7 rings (SSSR count). The van der Waals surface area contributed by atoms with Crippen LogP contribution in [-0.2, 0) is 6.54 Å². The van der Waals surface area contributed by atoms with Crippen LogP contribution in [0.3, 0.4) is 0 Å². The van der Waals surface area contributed by atoms with Crippen LogP contribution in [0.15, 0.2) is 48.9 Å². The molecule has 7 nitrogen and oxygen atoms in total. The van der Waals surface area contributed by atoms with E-state index in [1.54, 1.807) is 41.1 Å². The normalized spacial score (nSPS) is 27.1. The molecule has 4 saturated carbocycles. The number of nitrogens with one attached hydrogen (secondary N) is 1. The lowest BCUT2D eigenvalue weighted by atomic mass is 9.49. The van der Waals surface area contributed by atoms with Crippen LogP contribution in [0.1, 0.15) is 64.9 Å². The van der Waals surface area contributed by atoms with E-state index >= 15 is 0 Å². The van der Waals surface area contributed by atoms with Gasteiger partial charge >= 0.3 is 0 Å². The second kappa shape index (κ2) is 8.22. The number of nitrogens with zero attached hydrogens (tertiary/aromatic N) is 4. The van der Waals surface area contributed by atoms with Gasteiger partial charge in [-0.25, -0.2) is 4.52 Å². The Bertz CT molecular complexity index is 1200. The Balaban J connectivity index is 1.18. The van der Waals surface area contributed by atoms with Gasteiger partial charge in [-0.2, -0.15) is 5.10 Å². The molecule has 3 aromatic heterocycles. The molecule has 0 aromatic carbocycles. The van der Waals surface area contributed by atoms with E-state index in [2.05, 4.69) is 15.4 Å². The molecule has 7 heteroatoms. The van der Waals surface area contributed by atoms with Gasteiger partial charge in [0, 0.05) is 38.7 Å².